The summed E-state index contributed by atoms with van der Waals surface area (Å²) in [6, 6.07) is 7.93. The molecule has 0 fully saturated rings. The molecule has 1 atom stereocenters. The third-order valence-corrected chi connectivity index (χ3v) is 5.00. The van der Waals surface area contributed by atoms with Gasteiger partial charge in [0.2, 0.25) is 0 Å². The maximum Gasteiger partial charge on any atom is 0.337 e. The second kappa shape index (κ2) is 7.94. The fourth-order valence-electron chi connectivity index (χ4n) is 3.54. The average molecular weight is 412 g/mol. The maximum absolute atomic E-state index is 14.6. The highest BCUT2D eigenvalue weighted by atomic mass is 19.1. The Morgan fingerprint density at radius 3 is 2.70 bits per heavy atom. The molecule has 0 radical (unpaired) electrons. The van der Waals surface area contributed by atoms with E-state index in [9.17, 15) is 18.4 Å². The number of halogens is 2. The van der Waals surface area contributed by atoms with E-state index in [0.29, 0.717) is 23.4 Å². The lowest BCUT2D eigenvalue weighted by atomic mass is 9.95. The number of ether oxygens (including phenoxy) is 1. The number of urea groups is 1. The quantitative estimate of drug-likeness (QED) is 0.643. The number of carbonyl (C=O) groups is 2. The number of H-pyrrole nitrogens is 1. The summed E-state index contributed by atoms with van der Waals surface area (Å²) >= 11 is 0. The zero-order valence-electron chi connectivity index (χ0n) is 16.0. The summed E-state index contributed by atoms with van der Waals surface area (Å²) in [6.45, 7) is 0.280. The third-order valence-electron chi connectivity index (χ3n) is 5.00. The molecule has 1 aliphatic rings. The van der Waals surface area contributed by atoms with Gasteiger partial charge < -0.3 is 19.9 Å². The van der Waals surface area contributed by atoms with Crippen molar-refractivity contribution >= 4 is 17.7 Å². The molecule has 7 nitrogen and oxygen atoms in total. The van der Waals surface area contributed by atoms with Crippen molar-refractivity contribution in [2.75, 3.05) is 19.0 Å². The van der Waals surface area contributed by atoms with Gasteiger partial charge in [0, 0.05) is 29.9 Å². The number of benzene rings is 2. The molecule has 1 aromatic heterocycles. The summed E-state index contributed by atoms with van der Waals surface area (Å²) in [5.41, 5.74) is 2.06. The Balaban J connectivity index is 1.64. The van der Waals surface area contributed by atoms with Crippen LogP contribution in [0.5, 0.6) is 0 Å². The summed E-state index contributed by atoms with van der Waals surface area (Å²) in [5, 5.41) is 2.73. The molecular formula is C21H18F2N4O3. The molecule has 3 aromatic rings. The predicted octanol–water partition coefficient (Wildman–Crippen LogP) is 3.65. The molecule has 0 saturated carbocycles. The molecule has 30 heavy (non-hydrogen) atoms. The molecule has 4 rings (SSSR count). The topological polar surface area (TPSA) is 87.3 Å². The fraction of sp³-hybridized carbons (Fsp3) is 0.190. The molecule has 2 N–H and O–H groups in total. The van der Waals surface area contributed by atoms with E-state index in [-0.39, 0.29) is 12.1 Å². The van der Waals surface area contributed by atoms with Gasteiger partial charge in [-0.3, -0.25) is 0 Å². The number of rotatable bonds is 3. The first-order chi connectivity index (χ1) is 14.5. The number of aromatic nitrogens is 2. The van der Waals surface area contributed by atoms with Crippen LogP contribution in [-0.4, -0.2) is 40.5 Å². The highest BCUT2D eigenvalue weighted by molar-refractivity contribution is 5.92. The number of nitrogens with zero attached hydrogens (tertiary/aromatic N) is 2. The van der Waals surface area contributed by atoms with Crippen molar-refractivity contribution < 1.29 is 23.1 Å². The summed E-state index contributed by atoms with van der Waals surface area (Å²) in [6.07, 6.45) is 1.97. The number of esters is 1. The van der Waals surface area contributed by atoms with Gasteiger partial charge in [-0.15, -0.1) is 0 Å². The van der Waals surface area contributed by atoms with E-state index in [1.54, 1.807) is 12.1 Å². The molecule has 9 heteroatoms. The Kier molecular flexibility index (Phi) is 5.18. The lowest BCUT2D eigenvalue weighted by Crippen LogP contribution is -2.43. The first-order valence-electron chi connectivity index (χ1n) is 9.21. The predicted molar refractivity (Wildman–Crippen MR) is 104 cm³/mol. The highest BCUT2D eigenvalue weighted by Crippen LogP contribution is 2.35. The molecule has 0 bridgehead atoms. The minimum atomic E-state index is -0.884. The Bertz CT molecular complexity index is 1100. The van der Waals surface area contributed by atoms with Crippen molar-refractivity contribution in [2.24, 2.45) is 0 Å². The van der Waals surface area contributed by atoms with Gasteiger partial charge in [-0.1, -0.05) is 0 Å². The minimum absolute atomic E-state index is 0.0271. The minimum Gasteiger partial charge on any atom is -0.465 e. The number of methoxy groups -OCH3 is 1. The number of fused-ring (bicyclic) bond motifs is 1. The number of anilines is 1. The summed E-state index contributed by atoms with van der Waals surface area (Å²) in [5.74, 6) is -1.72. The van der Waals surface area contributed by atoms with Crippen LogP contribution < -0.4 is 5.32 Å². The van der Waals surface area contributed by atoms with Gasteiger partial charge >= 0.3 is 12.0 Å². The average Bonchev–Trinajstić information content (AvgIpc) is 3.23. The van der Waals surface area contributed by atoms with Crippen LogP contribution in [0.15, 0.2) is 48.8 Å². The van der Waals surface area contributed by atoms with Crippen LogP contribution in [0.1, 0.15) is 33.4 Å². The van der Waals surface area contributed by atoms with E-state index >= 15 is 0 Å². The number of hydrogen-bond donors (Lipinski definition) is 2. The lowest BCUT2D eigenvalue weighted by Gasteiger charge is -2.35. The van der Waals surface area contributed by atoms with Gasteiger partial charge in [0.15, 0.2) is 0 Å². The van der Waals surface area contributed by atoms with Crippen LogP contribution in [0.2, 0.25) is 0 Å². The van der Waals surface area contributed by atoms with Crippen LogP contribution in [0.3, 0.4) is 0 Å². The van der Waals surface area contributed by atoms with Crippen LogP contribution in [0, 0.1) is 11.6 Å². The highest BCUT2D eigenvalue weighted by Gasteiger charge is 2.36. The Hall–Kier alpha value is -3.75. The Morgan fingerprint density at radius 1 is 1.20 bits per heavy atom. The molecule has 0 aliphatic carbocycles. The van der Waals surface area contributed by atoms with Crippen molar-refractivity contribution in [2.45, 2.75) is 12.5 Å². The number of hydrogen-bond acceptors (Lipinski definition) is 4. The van der Waals surface area contributed by atoms with E-state index in [1.807, 2.05) is 0 Å². The summed E-state index contributed by atoms with van der Waals surface area (Å²) in [7, 11) is 1.28. The van der Waals surface area contributed by atoms with E-state index in [2.05, 4.69) is 20.0 Å². The molecule has 1 unspecified atom stereocenters. The van der Waals surface area contributed by atoms with Gasteiger partial charge in [0.25, 0.3) is 0 Å². The number of imidazole rings is 1. The van der Waals surface area contributed by atoms with Crippen molar-refractivity contribution in [3.05, 3.63) is 82.9 Å². The smallest absolute Gasteiger partial charge is 0.337 e. The van der Waals surface area contributed by atoms with Crippen molar-refractivity contribution in [3.63, 3.8) is 0 Å². The molecule has 0 saturated heterocycles. The second-order valence-corrected chi connectivity index (χ2v) is 6.78. The molecule has 2 heterocycles. The van der Waals surface area contributed by atoms with Gasteiger partial charge in [0.05, 0.1) is 24.7 Å². The largest absolute Gasteiger partial charge is 0.465 e. The van der Waals surface area contributed by atoms with Crippen molar-refractivity contribution in [1.29, 1.82) is 0 Å². The second-order valence-electron chi connectivity index (χ2n) is 6.78. The van der Waals surface area contributed by atoms with Crippen LogP contribution >= 0.6 is 0 Å². The van der Waals surface area contributed by atoms with Gasteiger partial charge in [-0.25, -0.2) is 23.4 Å². The summed E-state index contributed by atoms with van der Waals surface area (Å²) < 4.78 is 33.1. The Labute approximate surface area is 170 Å². The van der Waals surface area contributed by atoms with Crippen LogP contribution in [-0.2, 0) is 11.2 Å². The molecule has 154 valence electrons. The van der Waals surface area contributed by atoms with Gasteiger partial charge in [-0.2, -0.15) is 0 Å². The van der Waals surface area contributed by atoms with Gasteiger partial charge in [0.1, 0.15) is 17.7 Å². The van der Waals surface area contributed by atoms with E-state index in [0.717, 1.165) is 23.9 Å². The first kappa shape index (κ1) is 19.6. The monoisotopic (exact) mass is 412 g/mol. The summed E-state index contributed by atoms with van der Waals surface area (Å²) in [4.78, 5) is 33.2. The van der Waals surface area contributed by atoms with E-state index < -0.39 is 29.7 Å². The lowest BCUT2D eigenvalue weighted by molar-refractivity contribution is 0.0600. The fourth-order valence-corrected chi connectivity index (χ4v) is 3.54. The SMILES string of the molecule is COC(=O)c1ccc(NC(=O)N2CCc3[nH]cnc3C2c2cc(F)ccc2F)cc1. The van der Waals surface area contributed by atoms with Crippen LogP contribution in [0.25, 0.3) is 0 Å². The first-order valence-corrected chi connectivity index (χ1v) is 9.21. The van der Waals surface area contributed by atoms with E-state index in [1.165, 1.54) is 30.5 Å². The zero-order chi connectivity index (χ0) is 21.3. The zero-order valence-corrected chi connectivity index (χ0v) is 16.0. The third kappa shape index (κ3) is 3.61. The number of amides is 2. The number of nitrogens with one attached hydrogen (secondary N) is 2. The van der Waals surface area contributed by atoms with E-state index in [4.69, 9.17) is 0 Å². The number of aromatic amines is 1. The van der Waals surface area contributed by atoms with Gasteiger partial charge in [-0.05, 0) is 42.5 Å². The molecule has 2 aromatic carbocycles. The van der Waals surface area contributed by atoms with Crippen molar-refractivity contribution in [3.8, 4) is 0 Å². The number of carbonyl (C=O) groups excluding carboxylic acids is 2. The normalized spacial score (nSPS) is 15.4. The molecule has 0 spiro atoms. The Morgan fingerprint density at radius 2 is 1.97 bits per heavy atom. The molecule has 1 aliphatic heterocycles. The molecule has 2 amide bonds. The maximum atomic E-state index is 14.6. The van der Waals surface area contributed by atoms with Crippen molar-refractivity contribution in [1.82, 2.24) is 14.9 Å². The van der Waals surface area contributed by atoms with Crippen LogP contribution in [0.4, 0.5) is 19.3 Å². The molecular weight excluding hydrogens is 394 g/mol. The standard InChI is InChI=1S/C21H18F2N4O3/c1-30-20(28)12-2-5-14(6-3-12)26-21(29)27-9-8-17-18(25-11-24-17)19(27)15-10-13(22)4-7-16(15)23/h2-7,10-11,19H,8-9H2,1H3,(H,24,25)(H,26,29).